The lowest BCUT2D eigenvalue weighted by molar-refractivity contribution is 0.413. The van der Waals surface area contributed by atoms with Crippen LogP contribution in [0.2, 0.25) is 0 Å². The quantitative estimate of drug-likeness (QED) is 0.713. The second kappa shape index (κ2) is 3.37. The number of benzene rings is 1. The van der Waals surface area contributed by atoms with Gasteiger partial charge in [0.15, 0.2) is 0 Å². The second-order valence-corrected chi connectivity index (χ2v) is 2.80. The van der Waals surface area contributed by atoms with Crippen LogP contribution in [0, 0.1) is 0 Å². The van der Waals surface area contributed by atoms with E-state index in [9.17, 15) is 0 Å². The summed E-state index contributed by atoms with van der Waals surface area (Å²) >= 11 is 0. The van der Waals surface area contributed by atoms with Crippen molar-refractivity contribution in [2.75, 3.05) is 12.8 Å². The Balaban J connectivity index is 2.53. The second-order valence-electron chi connectivity index (χ2n) is 2.80. The van der Waals surface area contributed by atoms with Gasteiger partial charge in [0, 0.05) is 11.8 Å². The minimum absolute atomic E-state index is 0.665. The third-order valence-corrected chi connectivity index (χ3v) is 1.90. The lowest BCUT2D eigenvalue weighted by Gasteiger charge is -2.08. The fourth-order valence-electron chi connectivity index (χ4n) is 1.23. The summed E-state index contributed by atoms with van der Waals surface area (Å²) in [6.45, 7) is 0. The third kappa shape index (κ3) is 1.39. The van der Waals surface area contributed by atoms with Gasteiger partial charge in [-0.15, -0.1) is 10.2 Å². The summed E-state index contributed by atoms with van der Waals surface area (Å²) < 4.78 is 6.96. The zero-order valence-electron chi connectivity index (χ0n) is 7.71. The van der Waals surface area contributed by atoms with Crippen LogP contribution in [0.1, 0.15) is 0 Å². The molecule has 1 aromatic heterocycles. The first-order valence-corrected chi connectivity index (χ1v) is 4.10. The molecule has 0 amide bonds. The average Bonchev–Trinajstić information content (AvgIpc) is 2.70. The summed E-state index contributed by atoms with van der Waals surface area (Å²) in [5, 5.41) is 7.45. The minimum Gasteiger partial charge on any atom is -0.494 e. The molecule has 0 spiro atoms. The first-order valence-electron chi connectivity index (χ1n) is 4.10. The Morgan fingerprint density at radius 1 is 1.29 bits per heavy atom. The van der Waals surface area contributed by atoms with E-state index < -0.39 is 0 Å². The summed E-state index contributed by atoms with van der Waals surface area (Å²) in [6.07, 6.45) is 3.21. The lowest BCUT2D eigenvalue weighted by atomic mass is 10.2. The van der Waals surface area contributed by atoms with Crippen molar-refractivity contribution in [3.8, 4) is 11.4 Å². The molecule has 0 bridgehead atoms. The van der Waals surface area contributed by atoms with Crippen LogP contribution in [-0.4, -0.2) is 21.9 Å². The van der Waals surface area contributed by atoms with Gasteiger partial charge in [0.2, 0.25) is 0 Å². The van der Waals surface area contributed by atoms with Gasteiger partial charge in [-0.1, -0.05) is 0 Å². The average molecular weight is 190 g/mol. The van der Waals surface area contributed by atoms with Crippen LogP contribution in [0.4, 0.5) is 5.69 Å². The highest BCUT2D eigenvalue weighted by atomic mass is 16.5. The van der Waals surface area contributed by atoms with Crippen molar-refractivity contribution in [3.63, 3.8) is 0 Å². The molecule has 0 saturated carbocycles. The van der Waals surface area contributed by atoms with Gasteiger partial charge >= 0.3 is 0 Å². The van der Waals surface area contributed by atoms with Crippen molar-refractivity contribution in [2.45, 2.75) is 0 Å². The summed E-state index contributed by atoms with van der Waals surface area (Å²) in [7, 11) is 1.60. The van der Waals surface area contributed by atoms with Crippen molar-refractivity contribution >= 4 is 5.69 Å². The molecule has 1 heterocycles. The Morgan fingerprint density at radius 2 is 2.00 bits per heavy atom. The maximum Gasteiger partial charge on any atom is 0.144 e. The molecule has 0 aliphatic heterocycles. The Hall–Kier alpha value is -2.04. The molecule has 2 aromatic rings. The molecule has 5 heteroatoms. The molecule has 0 aliphatic carbocycles. The van der Waals surface area contributed by atoms with Crippen molar-refractivity contribution in [2.24, 2.45) is 0 Å². The van der Waals surface area contributed by atoms with Gasteiger partial charge in [-0.3, -0.25) is 4.57 Å². The molecule has 2 N–H and O–H groups in total. The van der Waals surface area contributed by atoms with Gasteiger partial charge in [-0.2, -0.15) is 0 Å². The van der Waals surface area contributed by atoms with Crippen LogP contribution >= 0.6 is 0 Å². The van der Waals surface area contributed by atoms with Crippen LogP contribution in [0.3, 0.4) is 0 Å². The standard InChI is InChI=1S/C9H10N4O/c1-14-9-4-7(10)2-3-8(9)13-5-11-12-6-13/h2-6H,10H2,1H3. The van der Waals surface area contributed by atoms with E-state index in [1.807, 2.05) is 6.07 Å². The number of nitrogen functional groups attached to an aromatic ring is 1. The fraction of sp³-hybridized carbons (Fsp3) is 0.111. The van der Waals surface area contributed by atoms with Gasteiger partial charge in [0.1, 0.15) is 18.4 Å². The number of ether oxygens (including phenoxy) is 1. The molecule has 0 aliphatic rings. The molecule has 0 saturated heterocycles. The molecule has 5 nitrogen and oxygen atoms in total. The number of nitrogens with two attached hydrogens (primary N) is 1. The third-order valence-electron chi connectivity index (χ3n) is 1.90. The maximum absolute atomic E-state index is 5.64. The van der Waals surface area contributed by atoms with Gasteiger partial charge < -0.3 is 10.5 Å². The largest absolute Gasteiger partial charge is 0.494 e. The monoisotopic (exact) mass is 190 g/mol. The van der Waals surface area contributed by atoms with Crippen LogP contribution in [-0.2, 0) is 0 Å². The highest BCUT2D eigenvalue weighted by Crippen LogP contribution is 2.24. The van der Waals surface area contributed by atoms with Gasteiger partial charge in [-0.05, 0) is 12.1 Å². The normalized spacial score (nSPS) is 10.1. The molecule has 0 atom stereocenters. The van der Waals surface area contributed by atoms with E-state index >= 15 is 0 Å². The summed E-state index contributed by atoms with van der Waals surface area (Å²) in [6, 6.07) is 5.42. The smallest absolute Gasteiger partial charge is 0.144 e. The number of nitrogens with zero attached hydrogens (tertiary/aromatic N) is 3. The molecular weight excluding hydrogens is 180 g/mol. The Labute approximate surface area is 81.1 Å². The van der Waals surface area contributed by atoms with E-state index in [1.165, 1.54) is 0 Å². The fourth-order valence-corrected chi connectivity index (χ4v) is 1.23. The molecule has 1 aromatic carbocycles. The zero-order valence-corrected chi connectivity index (χ0v) is 7.71. The summed E-state index contributed by atoms with van der Waals surface area (Å²) in [5.74, 6) is 0.699. The van der Waals surface area contributed by atoms with E-state index in [0.29, 0.717) is 11.4 Å². The Kier molecular flexibility index (Phi) is 2.06. The lowest BCUT2D eigenvalue weighted by Crippen LogP contribution is -1.96. The van der Waals surface area contributed by atoms with Crippen LogP contribution in [0.15, 0.2) is 30.9 Å². The van der Waals surface area contributed by atoms with Gasteiger partial charge in [0.05, 0.1) is 12.8 Å². The molecule has 2 rings (SSSR count). The first-order chi connectivity index (χ1) is 6.81. The summed E-state index contributed by atoms with van der Waals surface area (Å²) in [5.41, 5.74) is 7.17. The minimum atomic E-state index is 0.665. The van der Waals surface area contributed by atoms with Crippen molar-refractivity contribution < 1.29 is 4.74 Å². The van der Waals surface area contributed by atoms with E-state index in [2.05, 4.69) is 10.2 Å². The number of hydrogen-bond donors (Lipinski definition) is 1. The van der Waals surface area contributed by atoms with E-state index in [-0.39, 0.29) is 0 Å². The zero-order chi connectivity index (χ0) is 9.97. The van der Waals surface area contributed by atoms with E-state index in [1.54, 1.807) is 36.5 Å². The van der Waals surface area contributed by atoms with Gasteiger partial charge in [0.25, 0.3) is 0 Å². The predicted octanol–water partition coefficient (Wildman–Crippen LogP) is 0.858. The molecule has 72 valence electrons. The topological polar surface area (TPSA) is 66.0 Å². The van der Waals surface area contributed by atoms with Crippen LogP contribution in [0.5, 0.6) is 5.75 Å². The maximum atomic E-state index is 5.64. The summed E-state index contributed by atoms with van der Waals surface area (Å²) in [4.78, 5) is 0. The molecule has 14 heavy (non-hydrogen) atoms. The number of aromatic nitrogens is 3. The number of hydrogen-bond acceptors (Lipinski definition) is 4. The Morgan fingerprint density at radius 3 is 2.64 bits per heavy atom. The SMILES string of the molecule is COc1cc(N)ccc1-n1cnnc1. The van der Waals surface area contributed by atoms with Crippen LogP contribution in [0.25, 0.3) is 5.69 Å². The highest BCUT2D eigenvalue weighted by molar-refractivity contribution is 5.55. The first kappa shape index (κ1) is 8.55. The molecule has 0 fully saturated rings. The molecular formula is C9H10N4O. The molecule has 0 unspecified atom stereocenters. The molecule has 0 radical (unpaired) electrons. The van der Waals surface area contributed by atoms with E-state index in [4.69, 9.17) is 10.5 Å². The Bertz CT molecular complexity index is 424. The van der Waals surface area contributed by atoms with Crippen LogP contribution < -0.4 is 10.5 Å². The van der Waals surface area contributed by atoms with Crippen molar-refractivity contribution in [1.82, 2.24) is 14.8 Å². The number of anilines is 1. The number of rotatable bonds is 2. The highest BCUT2D eigenvalue weighted by Gasteiger charge is 2.04. The predicted molar refractivity (Wildman–Crippen MR) is 52.3 cm³/mol. The van der Waals surface area contributed by atoms with Crippen molar-refractivity contribution in [1.29, 1.82) is 0 Å². The van der Waals surface area contributed by atoms with Crippen molar-refractivity contribution in [3.05, 3.63) is 30.9 Å². The van der Waals surface area contributed by atoms with Gasteiger partial charge in [-0.25, -0.2) is 0 Å². The van der Waals surface area contributed by atoms with E-state index in [0.717, 1.165) is 5.69 Å². The number of methoxy groups -OCH3 is 1.